The zero-order valence-electron chi connectivity index (χ0n) is 15.4. The number of carbonyl (C=O) groups excluding carboxylic acids is 1. The van der Waals surface area contributed by atoms with Gasteiger partial charge in [-0.25, -0.2) is 12.8 Å². The molecule has 2 aromatic rings. The summed E-state index contributed by atoms with van der Waals surface area (Å²) in [6, 6.07) is 11.4. The van der Waals surface area contributed by atoms with Crippen LogP contribution in [0.25, 0.3) is 0 Å². The summed E-state index contributed by atoms with van der Waals surface area (Å²) >= 11 is 0. The molecule has 1 aliphatic heterocycles. The van der Waals surface area contributed by atoms with Crippen molar-refractivity contribution in [2.45, 2.75) is 25.2 Å². The fourth-order valence-electron chi connectivity index (χ4n) is 3.49. The molecule has 0 spiro atoms. The third-order valence-corrected chi connectivity index (χ3v) is 6.52. The molecule has 1 amide bonds. The predicted molar refractivity (Wildman–Crippen MR) is 102 cm³/mol. The van der Waals surface area contributed by atoms with Gasteiger partial charge in [-0.2, -0.15) is 4.31 Å². The molecule has 144 valence electrons. The molecule has 1 N–H and O–H groups in total. The lowest BCUT2D eigenvalue weighted by Gasteiger charge is -2.34. The van der Waals surface area contributed by atoms with E-state index >= 15 is 0 Å². The van der Waals surface area contributed by atoms with E-state index in [4.69, 9.17) is 0 Å². The van der Waals surface area contributed by atoms with Gasteiger partial charge >= 0.3 is 0 Å². The van der Waals surface area contributed by atoms with Crippen molar-refractivity contribution >= 4 is 21.6 Å². The van der Waals surface area contributed by atoms with Crippen LogP contribution in [0, 0.1) is 17.7 Å². The van der Waals surface area contributed by atoms with Gasteiger partial charge in [0.1, 0.15) is 5.82 Å². The van der Waals surface area contributed by atoms with Crippen molar-refractivity contribution in [2.75, 3.05) is 18.4 Å². The van der Waals surface area contributed by atoms with Crippen LogP contribution in [0.3, 0.4) is 0 Å². The molecule has 3 rings (SSSR count). The average Bonchev–Trinajstić information content (AvgIpc) is 2.61. The predicted octanol–water partition coefficient (Wildman–Crippen LogP) is 3.74. The summed E-state index contributed by atoms with van der Waals surface area (Å²) in [5.41, 5.74) is 0.645. The van der Waals surface area contributed by atoms with E-state index in [1.807, 2.05) is 0 Å². The van der Waals surface area contributed by atoms with Crippen LogP contribution < -0.4 is 5.32 Å². The van der Waals surface area contributed by atoms with E-state index in [1.165, 1.54) is 34.6 Å². The highest BCUT2D eigenvalue weighted by Crippen LogP contribution is 2.27. The Bertz CT molecular complexity index is 918. The highest BCUT2D eigenvalue weighted by atomic mass is 32.2. The minimum absolute atomic E-state index is 0.197. The summed E-state index contributed by atoms with van der Waals surface area (Å²) in [6.07, 6.45) is 1.02. The van der Waals surface area contributed by atoms with Crippen molar-refractivity contribution in [3.63, 3.8) is 0 Å². The Hall–Kier alpha value is -2.25. The molecule has 0 unspecified atom stereocenters. The minimum atomic E-state index is -3.56. The van der Waals surface area contributed by atoms with Gasteiger partial charge < -0.3 is 5.32 Å². The lowest BCUT2D eigenvalue weighted by Crippen LogP contribution is -2.42. The molecule has 2 atom stereocenters. The summed E-state index contributed by atoms with van der Waals surface area (Å²) in [5.74, 6) is -0.292. The second kappa shape index (κ2) is 7.78. The van der Waals surface area contributed by atoms with Crippen molar-refractivity contribution < 1.29 is 17.6 Å². The summed E-state index contributed by atoms with van der Waals surface area (Å²) in [5, 5.41) is 2.64. The van der Waals surface area contributed by atoms with Crippen LogP contribution >= 0.6 is 0 Å². The fourth-order valence-corrected chi connectivity index (χ4v) is 5.17. The third-order valence-electron chi connectivity index (χ3n) is 4.67. The molecule has 1 heterocycles. The molecule has 7 heteroatoms. The largest absolute Gasteiger partial charge is 0.322 e. The van der Waals surface area contributed by atoms with E-state index in [0.29, 0.717) is 30.6 Å². The van der Waals surface area contributed by atoms with Gasteiger partial charge in [-0.05, 0) is 60.7 Å². The molecule has 1 aliphatic rings. The van der Waals surface area contributed by atoms with Crippen LogP contribution in [0.5, 0.6) is 0 Å². The number of benzene rings is 2. The Morgan fingerprint density at radius 2 is 1.70 bits per heavy atom. The normalized spacial score (nSPS) is 21.0. The maximum absolute atomic E-state index is 13.2. The molecular formula is C20H23FN2O3S. The first-order valence-corrected chi connectivity index (χ1v) is 10.4. The number of sulfonamides is 1. The molecule has 0 aromatic heterocycles. The van der Waals surface area contributed by atoms with Crippen molar-refractivity contribution in [2.24, 2.45) is 11.8 Å². The fraction of sp³-hybridized carbons (Fsp3) is 0.350. The summed E-state index contributed by atoms with van der Waals surface area (Å²) < 4.78 is 40.5. The molecule has 5 nitrogen and oxygen atoms in total. The highest BCUT2D eigenvalue weighted by Gasteiger charge is 2.31. The molecule has 0 saturated carbocycles. The first-order valence-electron chi connectivity index (χ1n) is 8.93. The van der Waals surface area contributed by atoms with Crippen LogP contribution in [0.4, 0.5) is 10.1 Å². The van der Waals surface area contributed by atoms with Crippen LogP contribution in [-0.2, 0) is 10.0 Å². The number of hydrogen-bond acceptors (Lipinski definition) is 3. The third kappa shape index (κ3) is 4.54. The van der Waals surface area contributed by atoms with E-state index < -0.39 is 21.7 Å². The van der Waals surface area contributed by atoms with Crippen LogP contribution in [-0.4, -0.2) is 31.7 Å². The van der Waals surface area contributed by atoms with Gasteiger partial charge in [-0.3, -0.25) is 4.79 Å². The standard InChI is InChI=1S/C20H23FN2O3S/c1-14-10-15(2)13-23(12-14)27(25,26)19-8-6-18(7-9-19)22-20(24)16-4-3-5-17(21)11-16/h3-9,11,14-15H,10,12-13H2,1-2H3,(H,22,24)/t14-,15-/m0/s1. The number of hydrogen-bond donors (Lipinski definition) is 1. The molecule has 1 fully saturated rings. The second-order valence-electron chi connectivity index (χ2n) is 7.26. The van der Waals surface area contributed by atoms with Gasteiger partial charge in [0.05, 0.1) is 4.90 Å². The maximum Gasteiger partial charge on any atom is 0.255 e. The highest BCUT2D eigenvalue weighted by molar-refractivity contribution is 7.89. The lowest BCUT2D eigenvalue weighted by atomic mass is 9.94. The summed E-state index contributed by atoms with van der Waals surface area (Å²) in [7, 11) is -3.56. The minimum Gasteiger partial charge on any atom is -0.322 e. The van der Waals surface area contributed by atoms with E-state index in [9.17, 15) is 17.6 Å². The molecule has 27 heavy (non-hydrogen) atoms. The number of piperidine rings is 1. The molecule has 0 bridgehead atoms. The van der Waals surface area contributed by atoms with E-state index in [1.54, 1.807) is 12.1 Å². The van der Waals surface area contributed by atoms with Crippen molar-refractivity contribution in [3.8, 4) is 0 Å². The van der Waals surface area contributed by atoms with E-state index in [2.05, 4.69) is 19.2 Å². The lowest BCUT2D eigenvalue weighted by molar-refractivity contribution is 0.102. The average molecular weight is 390 g/mol. The first-order chi connectivity index (χ1) is 12.8. The smallest absolute Gasteiger partial charge is 0.255 e. The van der Waals surface area contributed by atoms with Crippen molar-refractivity contribution in [1.82, 2.24) is 4.31 Å². The van der Waals surface area contributed by atoms with Gasteiger partial charge in [0.2, 0.25) is 10.0 Å². The molecule has 0 aliphatic carbocycles. The Morgan fingerprint density at radius 1 is 1.07 bits per heavy atom. The molecule has 0 radical (unpaired) electrons. The number of anilines is 1. The molecule has 1 saturated heterocycles. The van der Waals surface area contributed by atoms with Gasteiger partial charge in [-0.15, -0.1) is 0 Å². The van der Waals surface area contributed by atoms with Crippen molar-refractivity contribution in [3.05, 3.63) is 59.9 Å². The monoisotopic (exact) mass is 390 g/mol. The first kappa shape index (κ1) is 19.5. The van der Waals surface area contributed by atoms with E-state index in [0.717, 1.165) is 12.5 Å². The summed E-state index contributed by atoms with van der Waals surface area (Å²) in [6.45, 7) is 5.15. The maximum atomic E-state index is 13.2. The van der Waals surface area contributed by atoms with E-state index in [-0.39, 0.29) is 10.5 Å². The molecule has 2 aromatic carbocycles. The zero-order valence-corrected chi connectivity index (χ0v) is 16.2. The van der Waals surface area contributed by atoms with Gasteiger partial charge in [0.15, 0.2) is 0 Å². The number of nitrogens with one attached hydrogen (secondary N) is 1. The zero-order chi connectivity index (χ0) is 19.6. The topological polar surface area (TPSA) is 66.5 Å². The number of carbonyl (C=O) groups is 1. The van der Waals surface area contributed by atoms with Gasteiger partial charge in [0, 0.05) is 24.3 Å². The quantitative estimate of drug-likeness (QED) is 0.865. The van der Waals surface area contributed by atoms with Gasteiger partial charge in [-0.1, -0.05) is 19.9 Å². The Morgan fingerprint density at radius 3 is 2.30 bits per heavy atom. The number of nitrogens with zero attached hydrogens (tertiary/aromatic N) is 1. The van der Waals surface area contributed by atoms with Gasteiger partial charge in [0.25, 0.3) is 5.91 Å². The Labute approximate surface area is 159 Å². The SMILES string of the molecule is C[C@H]1C[C@H](C)CN(S(=O)(=O)c2ccc(NC(=O)c3cccc(F)c3)cc2)C1. The Kier molecular flexibility index (Phi) is 5.62. The van der Waals surface area contributed by atoms with Crippen LogP contribution in [0.2, 0.25) is 0 Å². The van der Waals surface area contributed by atoms with Crippen LogP contribution in [0.15, 0.2) is 53.4 Å². The summed E-state index contributed by atoms with van der Waals surface area (Å²) in [4.78, 5) is 12.4. The van der Waals surface area contributed by atoms with Crippen molar-refractivity contribution in [1.29, 1.82) is 0 Å². The number of halogens is 1. The van der Waals surface area contributed by atoms with Crippen LogP contribution in [0.1, 0.15) is 30.6 Å². The second-order valence-corrected chi connectivity index (χ2v) is 9.19. The number of amides is 1. The number of rotatable bonds is 4. The Balaban J connectivity index is 1.74. The molecular weight excluding hydrogens is 367 g/mol.